The lowest BCUT2D eigenvalue weighted by Gasteiger charge is -2.14. The molecule has 0 saturated heterocycles. The second-order valence-corrected chi connectivity index (χ2v) is 5.36. The maximum Gasteiger partial charge on any atom is 0.132 e. The van der Waals surface area contributed by atoms with E-state index in [0.29, 0.717) is 10.9 Å². The zero-order valence-electron chi connectivity index (χ0n) is 10.9. The van der Waals surface area contributed by atoms with Crippen LogP contribution in [-0.2, 0) is 6.42 Å². The highest BCUT2D eigenvalue weighted by Gasteiger charge is 2.18. The molecule has 5 heteroatoms. The second-order valence-electron chi connectivity index (χ2n) is 4.44. The van der Waals surface area contributed by atoms with E-state index in [4.69, 9.17) is 10.5 Å². The average molecular weight is 342 g/mol. The van der Waals surface area contributed by atoms with Gasteiger partial charge < -0.3 is 10.5 Å². The minimum absolute atomic E-state index is 0.0935. The normalized spacial score (nSPS) is 12.2. The van der Waals surface area contributed by atoms with Crippen LogP contribution < -0.4 is 10.5 Å². The highest BCUT2D eigenvalue weighted by Crippen LogP contribution is 2.26. The molecule has 1 atom stereocenters. The van der Waals surface area contributed by atoms with Gasteiger partial charge in [-0.2, -0.15) is 0 Å². The molecule has 2 aromatic carbocycles. The number of ether oxygens (including phenoxy) is 1. The number of halogens is 3. The van der Waals surface area contributed by atoms with Crippen molar-refractivity contribution in [3.63, 3.8) is 0 Å². The van der Waals surface area contributed by atoms with Gasteiger partial charge in [0.1, 0.15) is 17.4 Å². The van der Waals surface area contributed by atoms with Gasteiger partial charge in [-0.15, -0.1) is 0 Å². The zero-order chi connectivity index (χ0) is 14.7. The molecule has 2 rings (SSSR count). The van der Waals surface area contributed by atoms with E-state index in [2.05, 4.69) is 15.9 Å². The summed E-state index contributed by atoms with van der Waals surface area (Å²) >= 11 is 3.04. The van der Waals surface area contributed by atoms with Crippen LogP contribution in [0.25, 0.3) is 0 Å². The van der Waals surface area contributed by atoms with Gasteiger partial charge in [-0.25, -0.2) is 8.78 Å². The van der Waals surface area contributed by atoms with E-state index in [9.17, 15) is 8.78 Å². The van der Waals surface area contributed by atoms with E-state index in [1.54, 1.807) is 19.2 Å². The van der Waals surface area contributed by atoms with Gasteiger partial charge in [0.05, 0.1) is 7.11 Å². The van der Waals surface area contributed by atoms with Gasteiger partial charge in [0, 0.05) is 16.1 Å². The van der Waals surface area contributed by atoms with E-state index in [1.165, 1.54) is 12.1 Å². The molecule has 0 aliphatic carbocycles. The van der Waals surface area contributed by atoms with Crippen molar-refractivity contribution in [3.8, 4) is 5.75 Å². The van der Waals surface area contributed by atoms with Crippen LogP contribution in [0.5, 0.6) is 5.75 Å². The highest BCUT2D eigenvalue weighted by molar-refractivity contribution is 9.10. The Labute approximate surface area is 124 Å². The number of hydrogen-bond acceptors (Lipinski definition) is 2. The van der Waals surface area contributed by atoms with Gasteiger partial charge in [0.2, 0.25) is 0 Å². The molecule has 0 radical (unpaired) electrons. The van der Waals surface area contributed by atoms with Crippen LogP contribution in [0.15, 0.2) is 40.9 Å². The Balaban J connectivity index is 2.21. The van der Waals surface area contributed by atoms with Crippen molar-refractivity contribution in [1.29, 1.82) is 0 Å². The maximum absolute atomic E-state index is 13.8. The highest BCUT2D eigenvalue weighted by atomic mass is 79.9. The van der Waals surface area contributed by atoms with Gasteiger partial charge in [0.15, 0.2) is 0 Å². The fourth-order valence-electron chi connectivity index (χ4n) is 2.03. The summed E-state index contributed by atoms with van der Waals surface area (Å²) in [5.74, 6) is -0.556. The molecule has 0 heterocycles. The van der Waals surface area contributed by atoms with E-state index in [1.807, 2.05) is 12.1 Å². The Kier molecular flexibility index (Phi) is 4.73. The number of nitrogens with two attached hydrogens (primary N) is 1. The molecule has 2 N–H and O–H groups in total. The van der Waals surface area contributed by atoms with Gasteiger partial charge >= 0.3 is 0 Å². The van der Waals surface area contributed by atoms with Crippen LogP contribution in [0.4, 0.5) is 8.78 Å². The predicted molar refractivity (Wildman–Crippen MR) is 77.7 cm³/mol. The Morgan fingerprint density at radius 1 is 1.15 bits per heavy atom. The lowest BCUT2D eigenvalue weighted by molar-refractivity contribution is 0.414. The van der Waals surface area contributed by atoms with Crippen molar-refractivity contribution >= 4 is 15.9 Å². The van der Waals surface area contributed by atoms with Crippen LogP contribution >= 0.6 is 15.9 Å². The Hall–Kier alpha value is -1.46. The van der Waals surface area contributed by atoms with E-state index in [-0.39, 0.29) is 5.56 Å². The molecule has 0 aliphatic rings. The summed E-state index contributed by atoms with van der Waals surface area (Å²) in [5, 5.41) is 0. The molecule has 0 fully saturated rings. The zero-order valence-corrected chi connectivity index (χ0v) is 12.5. The maximum atomic E-state index is 13.8. The molecule has 0 spiro atoms. The van der Waals surface area contributed by atoms with Gasteiger partial charge in [-0.3, -0.25) is 0 Å². The summed E-state index contributed by atoms with van der Waals surface area (Å²) in [4.78, 5) is 0. The largest absolute Gasteiger partial charge is 0.497 e. The lowest BCUT2D eigenvalue weighted by atomic mass is 9.98. The lowest BCUT2D eigenvalue weighted by Crippen LogP contribution is -2.17. The van der Waals surface area contributed by atoms with Gasteiger partial charge in [-0.05, 0) is 36.2 Å². The Morgan fingerprint density at radius 2 is 1.70 bits per heavy atom. The number of rotatable bonds is 4. The first-order chi connectivity index (χ1) is 9.51. The van der Waals surface area contributed by atoms with Crippen LogP contribution in [0.1, 0.15) is 17.2 Å². The summed E-state index contributed by atoms with van der Waals surface area (Å²) in [7, 11) is 1.58. The third kappa shape index (κ3) is 3.35. The predicted octanol–water partition coefficient (Wildman–Crippen LogP) is 3.98. The molecule has 0 bridgehead atoms. The first kappa shape index (κ1) is 14.9. The Morgan fingerprint density at radius 3 is 2.20 bits per heavy atom. The van der Waals surface area contributed by atoms with Crippen molar-refractivity contribution in [2.45, 2.75) is 12.5 Å². The molecular weight excluding hydrogens is 328 g/mol. The molecule has 0 saturated carbocycles. The van der Waals surface area contributed by atoms with E-state index < -0.39 is 17.7 Å². The third-order valence-corrected chi connectivity index (χ3v) is 3.49. The minimum atomic E-state index is -0.739. The molecule has 20 heavy (non-hydrogen) atoms. The number of benzene rings is 2. The monoisotopic (exact) mass is 341 g/mol. The summed E-state index contributed by atoms with van der Waals surface area (Å²) in [6, 6.07) is 8.92. The summed E-state index contributed by atoms with van der Waals surface area (Å²) in [6.45, 7) is 0. The third-order valence-electron chi connectivity index (χ3n) is 3.03. The van der Waals surface area contributed by atoms with Gasteiger partial charge in [0.25, 0.3) is 0 Å². The van der Waals surface area contributed by atoms with Crippen LogP contribution in [-0.4, -0.2) is 7.11 Å². The minimum Gasteiger partial charge on any atom is -0.497 e. The molecule has 1 unspecified atom stereocenters. The number of methoxy groups -OCH3 is 1. The van der Waals surface area contributed by atoms with Crippen molar-refractivity contribution in [1.82, 2.24) is 0 Å². The van der Waals surface area contributed by atoms with Crippen LogP contribution in [0.2, 0.25) is 0 Å². The molecule has 0 amide bonds. The molecule has 2 nitrogen and oxygen atoms in total. The fourth-order valence-corrected chi connectivity index (χ4v) is 2.43. The van der Waals surface area contributed by atoms with Crippen LogP contribution in [0.3, 0.4) is 0 Å². The second kappa shape index (κ2) is 6.33. The summed E-state index contributed by atoms with van der Waals surface area (Å²) < 4.78 is 33.0. The van der Waals surface area contributed by atoms with E-state index in [0.717, 1.165) is 11.3 Å². The Bertz CT molecular complexity index is 578. The topological polar surface area (TPSA) is 35.2 Å². The quantitative estimate of drug-likeness (QED) is 0.912. The SMILES string of the molecule is COc1ccc(CC(N)c2c(F)cc(Br)cc2F)cc1. The smallest absolute Gasteiger partial charge is 0.132 e. The summed E-state index contributed by atoms with van der Waals surface area (Å²) in [6.07, 6.45) is 0.347. The van der Waals surface area contributed by atoms with Crippen molar-refractivity contribution in [2.24, 2.45) is 5.73 Å². The average Bonchev–Trinajstić information content (AvgIpc) is 2.38. The molecule has 106 valence electrons. The van der Waals surface area contributed by atoms with Gasteiger partial charge in [-0.1, -0.05) is 28.1 Å². The van der Waals surface area contributed by atoms with Crippen molar-refractivity contribution < 1.29 is 13.5 Å². The summed E-state index contributed by atoms with van der Waals surface area (Å²) in [5.41, 5.74) is 6.72. The first-order valence-corrected chi connectivity index (χ1v) is 6.83. The molecule has 0 aromatic heterocycles. The number of hydrogen-bond donors (Lipinski definition) is 1. The van der Waals surface area contributed by atoms with Crippen LogP contribution in [0, 0.1) is 11.6 Å². The first-order valence-electron chi connectivity index (χ1n) is 6.04. The molecule has 2 aromatic rings. The standard InChI is InChI=1S/C15H14BrF2NO/c1-20-11-4-2-9(3-5-11)6-14(19)15-12(17)7-10(16)8-13(15)18/h2-5,7-8,14H,6,19H2,1H3. The molecule has 0 aliphatic heterocycles. The van der Waals surface area contributed by atoms with E-state index >= 15 is 0 Å². The van der Waals surface area contributed by atoms with Crippen molar-refractivity contribution in [2.75, 3.05) is 7.11 Å². The van der Waals surface area contributed by atoms with Crippen molar-refractivity contribution in [3.05, 3.63) is 63.6 Å². The molecular formula is C15H14BrF2NO. The fraction of sp³-hybridized carbons (Fsp3) is 0.200.